The number of aromatic nitrogens is 2. The third-order valence-corrected chi connectivity index (χ3v) is 5.22. The molecule has 0 fully saturated rings. The van der Waals surface area contributed by atoms with E-state index in [1.807, 2.05) is 48.5 Å². The Kier molecular flexibility index (Phi) is 4.59. The molecule has 5 nitrogen and oxygen atoms in total. The first-order valence-corrected chi connectivity index (χ1v) is 9.69. The molecule has 1 aliphatic carbocycles. The Balaban J connectivity index is 1.42. The second-order valence-corrected chi connectivity index (χ2v) is 7.17. The maximum Gasteiger partial charge on any atom is 0.161 e. The molecule has 2 N–H and O–H groups in total. The summed E-state index contributed by atoms with van der Waals surface area (Å²) in [6.07, 6.45) is 0.699. The number of H-pyrrole nitrogens is 1. The molecule has 0 unspecified atom stereocenters. The minimum atomic E-state index is -0.291. The maximum atomic E-state index is 13.5. The SMILES string of the molecule is COc1cc2c(cc1OCc1ccccc1)Cc1c(Nc3cccc(F)c3)n[nH]c1-2. The lowest BCUT2D eigenvalue weighted by Crippen LogP contribution is -1.99. The number of methoxy groups -OCH3 is 1. The number of aromatic amines is 1. The van der Waals surface area contributed by atoms with E-state index >= 15 is 0 Å². The van der Waals surface area contributed by atoms with Crippen molar-refractivity contribution in [2.75, 3.05) is 12.4 Å². The van der Waals surface area contributed by atoms with E-state index in [1.165, 1.54) is 12.1 Å². The van der Waals surface area contributed by atoms with Crippen LogP contribution in [-0.2, 0) is 13.0 Å². The van der Waals surface area contributed by atoms with Crippen LogP contribution in [0.3, 0.4) is 0 Å². The van der Waals surface area contributed by atoms with Gasteiger partial charge in [-0.05, 0) is 41.5 Å². The van der Waals surface area contributed by atoms with E-state index in [0.717, 1.165) is 27.9 Å². The molecule has 1 heterocycles. The van der Waals surface area contributed by atoms with E-state index in [9.17, 15) is 4.39 Å². The number of ether oxygens (including phenoxy) is 2. The summed E-state index contributed by atoms with van der Waals surface area (Å²) in [6, 6.07) is 20.4. The second-order valence-electron chi connectivity index (χ2n) is 7.17. The van der Waals surface area contributed by atoms with Crippen LogP contribution in [0.25, 0.3) is 11.3 Å². The number of hydrogen-bond acceptors (Lipinski definition) is 4. The van der Waals surface area contributed by atoms with Gasteiger partial charge in [-0.1, -0.05) is 36.4 Å². The highest BCUT2D eigenvalue weighted by Crippen LogP contribution is 2.44. The summed E-state index contributed by atoms with van der Waals surface area (Å²) in [6.45, 7) is 0.467. The Morgan fingerprint density at radius 3 is 2.70 bits per heavy atom. The fourth-order valence-corrected chi connectivity index (χ4v) is 3.75. The van der Waals surface area contributed by atoms with Gasteiger partial charge in [-0.2, -0.15) is 5.10 Å². The molecule has 6 heteroatoms. The lowest BCUT2D eigenvalue weighted by molar-refractivity contribution is 0.284. The fraction of sp³-hybridized carbons (Fsp3) is 0.125. The average Bonchev–Trinajstić information content (AvgIpc) is 3.31. The van der Waals surface area contributed by atoms with Gasteiger partial charge in [-0.25, -0.2) is 4.39 Å². The van der Waals surface area contributed by atoms with Crippen molar-refractivity contribution in [2.45, 2.75) is 13.0 Å². The van der Waals surface area contributed by atoms with E-state index in [2.05, 4.69) is 15.5 Å². The van der Waals surface area contributed by atoms with Crippen LogP contribution in [0.1, 0.15) is 16.7 Å². The molecule has 0 spiro atoms. The number of fused-ring (bicyclic) bond motifs is 3. The normalized spacial score (nSPS) is 11.7. The Labute approximate surface area is 173 Å². The van der Waals surface area contributed by atoms with Crippen molar-refractivity contribution in [1.82, 2.24) is 10.2 Å². The quantitative estimate of drug-likeness (QED) is 0.397. The van der Waals surface area contributed by atoms with Gasteiger partial charge in [0.25, 0.3) is 0 Å². The van der Waals surface area contributed by atoms with Crippen LogP contribution in [0.2, 0.25) is 0 Å². The van der Waals surface area contributed by atoms with Crippen molar-refractivity contribution >= 4 is 11.5 Å². The lowest BCUT2D eigenvalue weighted by atomic mass is 10.1. The molecule has 0 saturated heterocycles. The van der Waals surface area contributed by atoms with Crippen molar-refractivity contribution in [3.63, 3.8) is 0 Å². The summed E-state index contributed by atoms with van der Waals surface area (Å²) in [5, 5.41) is 10.7. The van der Waals surface area contributed by atoms with Gasteiger partial charge in [-0.15, -0.1) is 0 Å². The number of anilines is 2. The van der Waals surface area contributed by atoms with Crippen LogP contribution in [0.15, 0.2) is 66.7 Å². The summed E-state index contributed by atoms with van der Waals surface area (Å²) in [7, 11) is 1.64. The molecule has 0 saturated carbocycles. The molecule has 1 aliphatic rings. The Morgan fingerprint density at radius 2 is 1.90 bits per heavy atom. The first-order chi connectivity index (χ1) is 14.7. The average molecular weight is 401 g/mol. The molecule has 5 rings (SSSR count). The zero-order valence-electron chi connectivity index (χ0n) is 16.4. The number of halogens is 1. The van der Waals surface area contributed by atoms with Gasteiger partial charge < -0.3 is 14.8 Å². The number of hydrogen-bond donors (Lipinski definition) is 2. The van der Waals surface area contributed by atoms with E-state index in [0.29, 0.717) is 36.0 Å². The highest BCUT2D eigenvalue weighted by Gasteiger charge is 2.27. The van der Waals surface area contributed by atoms with Gasteiger partial charge in [0, 0.05) is 23.2 Å². The summed E-state index contributed by atoms with van der Waals surface area (Å²) >= 11 is 0. The molecule has 3 aromatic carbocycles. The summed E-state index contributed by atoms with van der Waals surface area (Å²) < 4.78 is 25.1. The Morgan fingerprint density at radius 1 is 1.03 bits per heavy atom. The zero-order valence-corrected chi connectivity index (χ0v) is 16.4. The summed E-state index contributed by atoms with van der Waals surface area (Å²) in [4.78, 5) is 0. The minimum absolute atomic E-state index is 0.291. The number of nitrogens with one attached hydrogen (secondary N) is 2. The molecular weight excluding hydrogens is 381 g/mol. The molecule has 0 aliphatic heterocycles. The number of nitrogens with zero attached hydrogens (tertiary/aromatic N) is 1. The monoisotopic (exact) mass is 401 g/mol. The molecule has 1 aromatic heterocycles. The number of rotatable bonds is 6. The van der Waals surface area contributed by atoms with Crippen LogP contribution in [0.4, 0.5) is 15.9 Å². The van der Waals surface area contributed by atoms with Gasteiger partial charge in [0.05, 0.1) is 12.8 Å². The third-order valence-electron chi connectivity index (χ3n) is 5.22. The van der Waals surface area contributed by atoms with Crippen molar-refractivity contribution < 1.29 is 13.9 Å². The van der Waals surface area contributed by atoms with Gasteiger partial charge in [0.15, 0.2) is 17.3 Å². The van der Waals surface area contributed by atoms with E-state index < -0.39 is 0 Å². The van der Waals surface area contributed by atoms with Crippen LogP contribution in [-0.4, -0.2) is 17.3 Å². The lowest BCUT2D eigenvalue weighted by Gasteiger charge is -2.13. The van der Waals surface area contributed by atoms with Gasteiger partial charge >= 0.3 is 0 Å². The topological polar surface area (TPSA) is 59.2 Å². The largest absolute Gasteiger partial charge is 0.493 e. The molecule has 30 heavy (non-hydrogen) atoms. The van der Waals surface area contributed by atoms with E-state index in [4.69, 9.17) is 9.47 Å². The predicted octanol–water partition coefficient (Wildman–Crippen LogP) is 5.45. The smallest absolute Gasteiger partial charge is 0.161 e. The molecule has 150 valence electrons. The second kappa shape index (κ2) is 7.55. The number of benzene rings is 3. The minimum Gasteiger partial charge on any atom is -0.493 e. The Hall–Kier alpha value is -3.80. The summed E-state index contributed by atoms with van der Waals surface area (Å²) in [5.74, 6) is 1.78. The first kappa shape index (κ1) is 18.2. The molecule has 0 amide bonds. The highest BCUT2D eigenvalue weighted by molar-refractivity contribution is 5.81. The fourth-order valence-electron chi connectivity index (χ4n) is 3.75. The molecule has 0 radical (unpaired) electrons. The van der Waals surface area contributed by atoms with Gasteiger partial charge in [0.1, 0.15) is 12.4 Å². The van der Waals surface area contributed by atoms with Gasteiger partial charge in [0.2, 0.25) is 0 Å². The van der Waals surface area contributed by atoms with Crippen molar-refractivity contribution in [3.8, 4) is 22.8 Å². The standard InChI is InChI=1S/C24H20FN3O2/c1-29-21-13-19-16(11-22(21)30-14-15-6-3-2-4-7-15)10-20-23(19)27-28-24(20)26-18-9-5-8-17(25)12-18/h2-9,11-13H,10,14H2,1H3,(H2,26,27,28). The molecule has 4 aromatic rings. The summed E-state index contributed by atoms with van der Waals surface area (Å²) in [5.41, 5.74) is 5.90. The van der Waals surface area contributed by atoms with E-state index in [-0.39, 0.29) is 5.82 Å². The van der Waals surface area contributed by atoms with Crippen molar-refractivity contribution in [3.05, 3.63) is 89.2 Å². The van der Waals surface area contributed by atoms with Crippen LogP contribution in [0.5, 0.6) is 11.5 Å². The predicted molar refractivity (Wildman–Crippen MR) is 114 cm³/mol. The molecular formula is C24H20FN3O2. The van der Waals surface area contributed by atoms with Crippen LogP contribution >= 0.6 is 0 Å². The molecule has 0 bridgehead atoms. The third kappa shape index (κ3) is 3.37. The molecule has 0 atom stereocenters. The van der Waals surface area contributed by atoms with Crippen LogP contribution in [0, 0.1) is 5.82 Å². The van der Waals surface area contributed by atoms with Crippen LogP contribution < -0.4 is 14.8 Å². The first-order valence-electron chi connectivity index (χ1n) is 9.69. The van der Waals surface area contributed by atoms with Gasteiger partial charge in [-0.3, -0.25) is 5.10 Å². The van der Waals surface area contributed by atoms with Crippen molar-refractivity contribution in [2.24, 2.45) is 0 Å². The highest BCUT2D eigenvalue weighted by atomic mass is 19.1. The van der Waals surface area contributed by atoms with E-state index in [1.54, 1.807) is 13.2 Å². The van der Waals surface area contributed by atoms with Crippen molar-refractivity contribution in [1.29, 1.82) is 0 Å². The Bertz CT molecular complexity index is 1200. The maximum absolute atomic E-state index is 13.5. The zero-order chi connectivity index (χ0) is 20.5.